The first-order chi connectivity index (χ1) is 7.44. The second kappa shape index (κ2) is 5.24. The van der Waals surface area contributed by atoms with Gasteiger partial charge in [0.15, 0.2) is 0 Å². The fraction of sp³-hybridized carbons (Fsp3) is 0.500. The molecule has 1 aromatic carbocycles. The Labute approximate surface area is 100 Å². The van der Waals surface area contributed by atoms with Gasteiger partial charge >= 0.3 is 99.6 Å². The van der Waals surface area contributed by atoms with Crippen molar-refractivity contribution in [3.05, 3.63) is 30.3 Å². The Balaban J connectivity index is 3.34. The maximum atomic E-state index is 2.36. The van der Waals surface area contributed by atoms with Gasteiger partial charge in [0, 0.05) is 0 Å². The van der Waals surface area contributed by atoms with Crippen molar-refractivity contribution < 1.29 is 0 Å². The molecule has 16 heavy (non-hydrogen) atoms. The number of benzene rings is 1. The van der Waals surface area contributed by atoms with Gasteiger partial charge < -0.3 is 0 Å². The van der Waals surface area contributed by atoms with Crippen LogP contribution in [0.5, 0.6) is 0 Å². The summed E-state index contributed by atoms with van der Waals surface area (Å²) in [4.78, 5) is 0. The average Bonchev–Trinajstić information content (AvgIpc) is 2.18. The Morgan fingerprint density at radius 3 is 1.38 bits per heavy atom. The van der Waals surface area contributed by atoms with Gasteiger partial charge in [-0.05, 0) is 0 Å². The van der Waals surface area contributed by atoms with E-state index in [0.29, 0.717) is 0 Å². The van der Waals surface area contributed by atoms with Crippen LogP contribution in [0.1, 0.15) is 0 Å². The van der Waals surface area contributed by atoms with Gasteiger partial charge in [0.05, 0.1) is 0 Å². The Kier molecular flexibility index (Phi) is 4.45. The van der Waals surface area contributed by atoms with E-state index in [9.17, 15) is 0 Å². The first-order valence-electron chi connectivity index (χ1n) is 5.51. The van der Waals surface area contributed by atoms with Gasteiger partial charge in [-0.3, -0.25) is 0 Å². The van der Waals surface area contributed by atoms with Gasteiger partial charge in [0.25, 0.3) is 0 Å². The summed E-state index contributed by atoms with van der Waals surface area (Å²) < 4.78 is 7.09. The third-order valence-electron chi connectivity index (χ3n) is 3.03. The third kappa shape index (κ3) is 2.14. The van der Waals surface area contributed by atoms with E-state index in [-0.39, 0.29) is 0 Å². The van der Waals surface area contributed by atoms with Gasteiger partial charge in [0.2, 0.25) is 0 Å². The van der Waals surface area contributed by atoms with Crippen LogP contribution >= 0.6 is 7.71 Å². The van der Waals surface area contributed by atoms with Crippen LogP contribution in [-0.2, 0) is 0 Å². The summed E-state index contributed by atoms with van der Waals surface area (Å²) in [6.45, 7) is 0. The molecule has 0 heterocycles. The molecule has 0 aliphatic heterocycles. The first kappa shape index (κ1) is 13.6. The topological polar surface area (TPSA) is 9.72 Å². The van der Waals surface area contributed by atoms with Crippen molar-refractivity contribution >= 4 is 13.0 Å². The van der Waals surface area contributed by atoms with Crippen molar-refractivity contribution in [1.82, 2.24) is 14.0 Å². The molecule has 4 heteroatoms. The summed E-state index contributed by atoms with van der Waals surface area (Å²) in [5.74, 6) is 0. The molecular weight excluding hydrogens is 217 g/mol. The minimum absolute atomic E-state index is 1.41. The van der Waals surface area contributed by atoms with Gasteiger partial charge in [-0.2, -0.15) is 0 Å². The van der Waals surface area contributed by atoms with E-state index in [1.807, 2.05) is 0 Å². The Hall–Kier alpha value is -0.470. The van der Waals surface area contributed by atoms with Crippen LogP contribution < -0.4 is 5.30 Å². The van der Waals surface area contributed by atoms with Gasteiger partial charge in [-0.25, -0.2) is 0 Å². The van der Waals surface area contributed by atoms with Crippen molar-refractivity contribution in [3.63, 3.8) is 0 Å². The minimum atomic E-state index is -1.90. The second-order valence-corrected chi connectivity index (χ2v) is 9.22. The Morgan fingerprint density at radius 1 is 0.688 bits per heavy atom. The summed E-state index contributed by atoms with van der Waals surface area (Å²) in [5.41, 5.74) is 0. The molecule has 0 saturated heterocycles. The number of hydrogen-bond acceptors (Lipinski definition) is 3. The van der Waals surface area contributed by atoms with E-state index in [1.165, 1.54) is 5.30 Å². The van der Waals surface area contributed by atoms with Crippen LogP contribution in [0.2, 0.25) is 0 Å². The van der Waals surface area contributed by atoms with Crippen LogP contribution in [0, 0.1) is 0 Å². The molecule has 92 valence electrons. The van der Waals surface area contributed by atoms with Crippen LogP contribution in [0.3, 0.4) is 0 Å². The molecule has 0 radical (unpaired) electrons. The van der Waals surface area contributed by atoms with Crippen LogP contribution in [0.15, 0.2) is 30.3 Å². The van der Waals surface area contributed by atoms with Crippen LogP contribution in [-0.4, -0.2) is 56.3 Å². The summed E-state index contributed by atoms with van der Waals surface area (Å²) in [7, 11) is 11.1. The van der Waals surface area contributed by atoms with E-state index in [4.69, 9.17) is 0 Å². The molecule has 1 rings (SSSR count). The summed E-state index contributed by atoms with van der Waals surface area (Å²) in [6.07, 6.45) is 0. The predicted molar refractivity (Wildman–Crippen MR) is 75.5 cm³/mol. The molecule has 3 nitrogen and oxygen atoms in total. The molecule has 0 atom stereocenters. The van der Waals surface area contributed by atoms with Gasteiger partial charge in [0.1, 0.15) is 0 Å². The number of hydrogen-bond donors (Lipinski definition) is 0. The molecule has 0 aliphatic carbocycles. The van der Waals surface area contributed by atoms with E-state index >= 15 is 0 Å². The zero-order valence-corrected chi connectivity index (χ0v) is 12.2. The van der Waals surface area contributed by atoms with E-state index in [2.05, 4.69) is 86.6 Å². The van der Waals surface area contributed by atoms with Crippen LogP contribution in [0.4, 0.5) is 0 Å². The SMILES string of the molecule is CN(C)[PH](c1ccccc1)(N(C)C)N(C)C. The summed E-state index contributed by atoms with van der Waals surface area (Å²) >= 11 is 0. The zero-order valence-electron chi connectivity index (χ0n) is 11.2. The van der Waals surface area contributed by atoms with Gasteiger partial charge in [-0.1, -0.05) is 0 Å². The first-order valence-corrected chi connectivity index (χ1v) is 7.36. The third-order valence-corrected chi connectivity index (χ3v) is 7.88. The van der Waals surface area contributed by atoms with Crippen LogP contribution in [0.25, 0.3) is 0 Å². The Morgan fingerprint density at radius 2 is 1.06 bits per heavy atom. The molecule has 0 N–H and O–H groups in total. The van der Waals surface area contributed by atoms with Crippen molar-refractivity contribution in [2.75, 3.05) is 42.3 Å². The van der Waals surface area contributed by atoms with Crippen molar-refractivity contribution in [2.45, 2.75) is 0 Å². The zero-order chi connectivity index (χ0) is 12.3. The maximum absolute atomic E-state index is 2.36. The van der Waals surface area contributed by atoms with Crippen molar-refractivity contribution in [3.8, 4) is 0 Å². The summed E-state index contributed by atoms with van der Waals surface area (Å²) in [6, 6.07) is 10.8. The summed E-state index contributed by atoms with van der Waals surface area (Å²) in [5, 5.41) is 1.41. The number of rotatable bonds is 4. The average molecular weight is 241 g/mol. The molecule has 0 bridgehead atoms. The van der Waals surface area contributed by atoms with E-state index in [0.717, 1.165) is 0 Å². The second-order valence-electron chi connectivity index (χ2n) is 4.68. The van der Waals surface area contributed by atoms with Gasteiger partial charge in [-0.15, -0.1) is 0 Å². The van der Waals surface area contributed by atoms with E-state index < -0.39 is 7.71 Å². The Bertz CT molecular complexity index is 301. The molecule has 0 spiro atoms. The normalized spacial score (nSPS) is 13.8. The number of nitrogens with zero attached hydrogens (tertiary/aromatic N) is 3. The monoisotopic (exact) mass is 241 g/mol. The van der Waals surface area contributed by atoms with E-state index in [1.54, 1.807) is 0 Å². The molecule has 0 aliphatic rings. The molecule has 0 aromatic heterocycles. The van der Waals surface area contributed by atoms with Crippen molar-refractivity contribution in [2.24, 2.45) is 0 Å². The van der Waals surface area contributed by atoms with Crippen molar-refractivity contribution in [1.29, 1.82) is 0 Å². The molecule has 0 fully saturated rings. The fourth-order valence-corrected chi connectivity index (χ4v) is 7.23. The standard InChI is InChI=1S/C12H24N3P/c1-13(2)16(14(3)4,15(5)6)12-10-8-7-9-11-12/h7-11,16H,1-6H3. The molecular formula is C12H24N3P. The molecule has 1 aromatic rings. The molecule has 0 unspecified atom stereocenters. The fourth-order valence-electron chi connectivity index (χ4n) is 2.64. The quantitative estimate of drug-likeness (QED) is 0.740. The molecule has 0 saturated carbocycles. The predicted octanol–water partition coefficient (Wildman–Crippen LogP) is 1.49. The molecule has 0 amide bonds.